The maximum atomic E-state index is 12.1. The molecule has 1 aliphatic rings. The highest BCUT2D eigenvalue weighted by Crippen LogP contribution is 2.19. The smallest absolute Gasteiger partial charge is 0.256 e. The summed E-state index contributed by atoms with van der Waals surface area (Å²) < 4.78 is 0. The number of hydrogen-bond acceptors (Lipinski definition) is 2. The molecule has 1 aromatic rings. The molecule has 1 N–H and O–H groups in total. The maximum absolute atomic E-state index is 12.1. The third-order valence-corrected chi connectivity index (χ3v) is 3.29. The molecular formula is C14H19NO2. The van der Waals surface area contributed by atoms with Crippen LogP contribution in [0.5, 0.6) is 0 Å². The van der Waals surface area contributed by atoms with E-state index < -0.39 is 6.10 Å². The van der Waals surface area contributed by atoms with Gasteiger partial charge in [-0.2, -0.15) is 0 Å². The van der Waals surface area contributed by atoms with E-state index in [0.29, 0.717) is 5.56 Å². The lowest BCUT2D eigenvalue weighted by molar-refractivity contribution is -0.141. The number of aryl methyl sites for hydroxylation is 1. The van der Waals surface area contributed by atoms with E-state index in [2.05, 4.69) is 0 Å². The van der Waals surface area contributed by atoms with Gasteiger partial charge < -0.3 is 10.0 Å². The molecule has 1 fully saturated rings. The van der Waals surface area contributed by atoms with Crippen molar-refractivity contribution in [3.05, 3.63) is 35.4 Å². The van der Waals surface area contributed by atoms with Crippen LogP contribution in [0.15, 0.2) is 24.3 Å². The Morgan fingerprint density at radius 3 is 2.35 bits per heavy atom. The second-order valence-corrected chi connectivity index (χ2v) is 4.70. The molecular weight excluding hydrogens is 214 g/mol. The largest absolute Gasteiger partial charge is 0.378 e. The highest BCUT2D eigenvalue weighted by Gasteiger charge is 2.24. The van der Waals surface area contributed by atoms with Crippen LogP contribution in [0.3, 0.4) is 0 Å². The van der Waals surface area contributed by atoms with Gasteiger partial charge in [-0.05, 0) is 31.7 Å². The van der Waals surface area contributed by atoms with Crippen molar-refractivity contribution in [3.63, 3.8) is 0 Å². The number of hydrogen-bond donors (Lipinski definition) is 1. The van der Waals surface area contributed by atoms with Crippen LogP contribution in [0.1, 0.15) is 36.5 Å². The fourth-order valence-electron chi connectivity index (χ4n) is 2.18. The number of rotatable bonds is 2. The summed E-state index contributed by atoms with van der Waals surface area (Å²) in [5.41, 5.74) is 1.82. The number of amides is 1. The summed E-state index contributed by atoms with van der Waals surface area (Å²) in [4.78, 5) is 13.8. The van der Waals surface area contributed by atoms with E-state index in [-0.39, 0.29) is 5.91 Å². The Kier molecular flexibility index (Phi) is 3.79. The van der Waals surface area contributed by atoms with E-state index in [1.165, 1.54) is 6.42 Å². The molecule has 3 nitrogen and oxygen atoms in total. The lowest BCUT2D eigenvalue weighted by Gasteiger charge is -2.28. The van der Waals surface area contributed by atoms with Crippen LogP contribution in [-0.2, 0) is 4.79 Å². The van der Waals surface area contributed by atoms with Gasteiger partial charge >= 0.3 is 0 Å². The van der Waals surface area contributed by atoms with Gasteiger partial charge in [-0.3, -0.25) is 4.79 Å². The Hall–Kier alpha value is -1.35. The van der Waals surface area contributed by atoms with Gasteiger partial charge in [0.25, 0.3) is 5.91 Å². The van der Waals surface area contributed by atoms with Crippen molar-refractivity contribution in [3.8, 4) is 0 Å². The molecule has 0 radical (unpaired) electrons. The second-order valence-electron chi connectivity index (χ2n) is 4.70. The van der Waals surface area contributed by atoms with Crippen molar-refractivity contribution in [2.45, 2.75) is 32.3 Å². The second kappa shape index (κ2) is 5.32. The SMILES string of the molecule is Cc1ccc(C(O)C(=O)N2CCCCC2)cc1. The number of nitrogens with zero attached hydrogens (tertiary/aromatic N) is 1. The molecule has 92 valence electrons. The average molecular weight is 233 g/mol. The third-order valence-electron chi connectivity index (χ3n) is 3.29. The molecule has 17 heavy (non-hydrogen) atoms. The van der Waals surface area contributed by atoms with Crippen molar-refractivity contribution >= 4 is 5.91 Å². The monoisotopic (exact) mass is 233 g/mol. The van der Waals surface area contributed by atoms with Gasteiger partial charge in [-0.1, -0.05) is 29.8 Å². The molecule has 1 heterocycles. The van der Waals surface area contributed by atoms with Crippen LogP contribution < -0.4 is 0 Å². The first kappa shape index (κ1) is 12.1. The van der Waals surface area contributed by atoms with Crippen LogP contribution in [0.4, 0.5) is 0 Å². The summed E-state index contributed by atoms with van der Waals surface area (Å²) in [5.74, 6) is -0.159. The van der Waals surface area contributed by atoms with Gasteiger partial charge in [0, 0.05) is 13.1 Å². The van der Waals surface area contributed by atoms with E-state index in [1.54, 1.807) is 4.90 Å². The summed E-state index contributed by atoms with van der Waals surface area (Å²) >= 11 is 0. The van der Waals surface area contributed by atoms with Crippen LogP contribution in [-0.4, -0.2) is 29.0 Å². The number of carbonyl (C=O) groups is 1. The van der Waals surface area contributed by atoms with Gasteiger partial charge in [0.05, 0.1) is 0 Å². The highest BCUT2D eigenvalue weighted by molar-refractivity contribution is 5.82. The number of carbonyl (C=O) groups excluding carboxylic acids is 1. The van der Waals surface area contributed by atoms with Crippen LogP contribution >= 0.6 is 0 Å². The number of piperidine rings is 1. The Balaban J connectivity index is 2.05. The van der Waals surface area contributed by atoms with Gasteiger partial charge in [0.2, 0.25) is 0 Å². The van der Waals surface area contributed by atoms with Crippen molar-refractivity contribution in [1.82, 2.24) is 4.90 Å². The summed E-state index contributed by atoms with van der Waals surface area (Å²) in [6.07, 6.45) is 2.28. The van der Waals surface area contributed by atoms with Gasteiger partial charge in [-0.25, -0.2) is 0 Å². The number of likely N-dealkylation sites (tertiary alicyclic amines) is 1. The predicted molar refractivity (Wildman–Crippen MR) is 66.6 cm³/mol. The third kappa shape index (κ3) is 2.86. The van der Waals surface area contributed by atoms with Gasteiger partial charge in [0.1, 0.15) is 0 Å². The molecule has 2 rings (SSSR count). The molecule has 0 aliphatic carbocycles. The maximum Gasteiger partial charge on any atom is 0.256 e. The first-order valence-electron chi connectivity index (χ1n) is 6.22. The van der Waals surface area contributed by atoms with Gasteiger partial charge in [0.15, 0.2) is 6.10 Å². The zero-order valence-electron chi connectivity index (χ0n) is 10.2. The molecule has 0 saturated carbocycles. The highest BCUT2D eigenvalue weighted by atomic mass is 16.3. The zero-order valence-corrected chi connectivity index (χ0v) is 10.2. The number of aliphatic hydroxyl groups is 1. The van der Waals surface area contributed by atoms with E-state index in [4.69, 9.17) is 0 Å². The van der Waals surface area contributed by atoms with E-state index >= 15 is 0 Å². The van der Waals surface area contributed by atoms with Gasteiger partial charge in [-0.15, -0.1) is 0 Å². The average Bonchev–Trinajstić information content (AvgIpc) is 2.39. The van der Waals surface area contributed by atoms with Crippen LogP contribution in [0.25, 0.3) is 0 Å². The molecule has 1 saturated heterocycles. The summed E-state index contributed by atoms with van der Waals surface area (Å²) in [7, 11) is 0. The Morgan fingerprint density at radius 1 is 1.18 bits per heavy atom. The fourth-order valence-corrected chi connectivity index (χ4v) is 2.18. The molecule has 1 aliphatic heterocycles. The van der Waals surface area contributed by atoms with Crippen LogP contribution in [0, 0.1) is 6.92 Å². The number of aliphatic hydroxyl groups excluding tert-OH is 1. The molecule has 0 aromatic heterocycles. The van der Waals surface area contributed by atoms with Crippen molar-refractivity contribution < 1.29 is 9.90 Å². The Morgan fingerprint density at radius 2 is 1.76 bits per heavy atom. The standard InChI is InChI=1S/C14H19NO2/c1-11-5-7-12(8-6-11)13(16)14(17)15-9-3-2-4-10-15/h5-8,13,16H,2-4,9-10H2,1H3. The molecule has 1 aromatic carbocycles. The lowest BCUT2D eigenvalue weighted by atomic mass is 10.0. The molecule has 0 spiro atoms. The summed E-state index contributed by atoms with van der Waals surface area (Å²) in [5, 5.41) is 10.0. The summed E-state index contributed by atoms with van der Waals surface area (Å²) in [6, 6.07) is 7.48. The first-order chi connectivity index (χ1) is 8.18. The molecule has 0 bridgehead atoms. The zero-order chi connectivity index (χ0) is 12.3. The van der Waals surface area contributed by atoms with E-state index in [0.717, 1.165) is 31.5 Å². The molecule has 1 unspecified atom stereocenters. The minimum atomic E-state index is -1.01. The first-order valence-corrected chi connectivity index (χ1v) is 6.22. The fraction of sp³-hybridized carbons (Fsp3) is 0.500. The molecule has 1 atom stereocenters. The number of benzene rings is 1. The van der Waals surface area contributed by atoms with E-state index in [1.807, 2.05) is 31.2 Å². The molecule has 1 amide bonds. The molecule has 3 heteroatoms. The van der Waals surface area contributed by atoms with Crippen molar-refractivity contribution in [2.24, 2.45) is 0 Å². The topological polar surface area (TPSA) is 40.5 Å². The predicted octanol–water partition coefficient (Wildman–Crippen LogP) is 2.04. The normalized spacial score (nSPS) is 17.9. The van der Waals surface area contributed by atoms with Crippen molar-refractivity contribution in [1.29, 1.82) is 0 Å². The Labute approximate surface area is 102 Å². The quantitative estimate of drug-likeness (QED) is 0.849. The minimum absolute atomic E-state index is 0.159. The summed E-state index contributed by atoms with van der Waals surface area (Å²) in [6.45, 7) is 3.55. The van der Waals surface area contributed by atoms with Crippen LogP contribution in [0.2, 0.25) is 0 Å². The van der Waals surface area contributed by atoms with E-state index in [9.17, 15) is 9.90 Å². The lowest BCUT2D eigenvalue weighted by Crippen LogP contribution is -2.38. The van der Waals surface area contributed by atoms with Crippen molar-refractivity contribution in [2.75, 3.05) is 13.1 Å². The Bertz CT molecular complexity index is 380. The minimum Gasteiger partial charge on any atom is -0.378 e.